The molecule has 1 aromatic rings. The zero-order valence-corrected chi connectivity index (χ0v) is 13.2. The Kier molecular flexibility index (Phi) is 5.91. The first kappa shape index (κ1) is 15.8. The molecule has 0 fully saturated rings. The Labute approximate surface area is 120 Å². The van der Waals surface area contributed by atoms with E-state index in [-0.39, 0.29) is 16.7 Å². The minimum Gasteiger partial charge on any atom is -0.489 e. The predicted molar refractivity (Wildman–Crippen MR) is 73.8 cm³/mol. The second-order valence-corrected chi connectivity index (χ2v) is 7.19. The van der Waals surface area contributed by atoms with Crippen LogP contribution < -0.4 is 4.74 Å². The maximum atomic E-state index is 11.4. The molecule has 0 spiro atoms. The molecule has 4 nitrogen and oxygen atoms in total. The summed E-state index contributed by atoms with van der Waals surface area (Å²) in [6.45, 7) is 2.38. The van der Waals surface area contributed by atoms with Gasteiger partial charge < -0.3 is 9.47 Å². The van der Waals surface area contributed by atoms with Gasteiger partial charge in [0, 0.05) is 35.3 Å². The fraction of sp³-hybridized carbons (Fsp3) is 0.455. The molecule has 0 radical (unpaired) electrons. The van der Waals surface area contributed by atoms with Crippen LogP contribution in [0.5, 0.6) is 5.75 Å². The van der Waals surface area contributed by atoms with Crippen molar-refractivity contribution in [3.05, 3.63) is 22.7 Å². The summed E-state index contributed by atoms with van der Waals surface area (Å²) < 4.78 is 34.0. The lowest BCUT2D eigenvalue weighted by atomic mass is 10.3. The highest BCUT2D eigenvalue weighted by molar-refractivity contribution is 9.10. The van der Waals surface area contributed by atoms with Gasteiger partial charge >= 0.3 is 0 Å². The second kappa shape index (κ2) is 6.75. The van der Waals surface area contributed by atoms with Gasteiger partial charge in [-0.25, -0.2) is 8.42 Å². The van der Waals surface area contributed by atoms with Crippen LogP contribution in [0.2, 0.25) is 0 Å². The van der Waals surface area contributed by atoms with Crippen molar-refractivity contribution in [3.63, 3.8) is 0 Å². The average molecular weight is 358 g/mol. The number of methoxy groups -OCH3 is 1. The van der Waals surface area contributed by atoms with Gasteiger partial charge in [-0.2, -0.15) is 0 Å². The first-order chi connectivity index (χ1) is 8.34. The maximum absolute atomic E-state index is 11.4. The Morgan fingerprint density at radius 1 is 1.44 bits per heavy atom. The topological polar surface area (TPSA) is 52.6 Å². The van der Waals surface area contributed by atoms with Gasteiger partial charge in [0.15, 0.2) is 0 Å². The summed E-state index contributed by atoms with van der Waals surface area (Å²) >= 11 is 3.20. The molecule has 1 rings (SSSR count). The largest absolute Gasteiger partial charge is 0.489 e. The third kappa shape index (κ3) is 4.76. The molecule has 0 saturated carbocycles. The van der Waals surface area contributed by atoms with Crippen LogP contribution in [0.3, 0.4) is 0 Å². The van der Waals surface area contributed by atoms with Gasteiger partial charge in [-0.3, -0.25) is 0 Å². The molecule has 0 aliphatic rings. The smallest absolute Gasteiger partial charge is 0.265 e. The summed E-state index contributed by atoms with van der Waals surface area (Å²) in [6, 6.07) is 4.69. The number of ether oxygens (including phenoxy) is 2. The summed E-state index contributed by atoms with van der Waals surface area (Å²) in [7, 11) is 3.13. The maximum Gasteiger partial charge on any atom is 0.265 e. The lowest BCUT2D eigenvalue weighted by Gasteiger charge is -2.16. The van der Waals surface area contributed by atoms with E-state index in [1.807, 2.05) is 6.92 Å². The van der Waals surface area contributed by atoms with E-state index in [2.05, 4.69) is 15.9 Å². The summed E-state index contributed by atoms with van der Waals surface area (Å²) in [5.41, 5.74) is 0. The Hall–Kier alpha value is -0.300. The van der Waals surface area contributed by atoms with E-state index in [9.17, 15) is 8.42 Å². The minimum absolute atomic E-state index is 0.0391. The van der Waals surface area contributed by atoms with Gasteiger partial charge in [0.25, 0.3) is 9.05 Å². The normalized spacial score (nSPS) is 13.3. The summed E-state index contributed by atoms with van der Waals surface area (Å²) in [6.07, 6.45) is 0.497. The van der Waals surface area contributed by atoms with Crippen LogP contribution >= 0.6 is 26.6 Å². The highest BCUT2D eigenvalue weighted by Crippen LogP contribution is 2.30. The predicted octanol–water partition coefficient (Wildman–Crippen LogP) is 3.18. The van der Waals surface area contributed by atoms with Gasteiger partial charge in [0.05, 0.1) is 6.10 Å². The van der Waals surface area contributed by atoms with Crippen LogP contribution in [0.15, 0.2) is 27.6 Å². The SMILES string of the molecule is COCCC(C)Oc1ccc(Br)cc1S(=O)(=O)Cl. The molecule has 1 atom stereocenters. The fourth-order valence-corrected chi connectivity index (χ4v) is 2.83. The van der Waals surface area contributed by atoms with Crippen molar-refractivity contribution in [1.29, 1.82) is 0 Å². The molecule has 0 aliphatic carbocycles. The Morgan fingerprint density at radius 2 is 2.11 bits per heavy atom. The van der Waals surface area contributed by atoms with Gasteiger partial charge in [-0.05, 0) is 25.1 Å². The van der Waals surface area contributed by atoms with Gasteiger partial charge in [-0.1, -0.05) is 15.9 Å². The molecule has 7 heteroatoms. The molecule has 1 aromatic carbocycles. The lowest BCUT2D eigenvalue weighted by Crippen LogP contribution is -2.15. The summed E-state index contributed by atoms with van der Waals surface area (Å²) in [5, 5.41) is 0. The van der Waals surface area contributed by atoms with E-state index in [0.717, 1.165) is 0 Å². The van der Waals surface area contributed by atoms with Crippen molar-refractivity contribution < 1.29 is 17.9 Å². The van der Waals surface area contributed by atoms with Crippen LogP contribution in [0.25, 0.3) is 0 Å². The zero-order valence-electron chi connectivity index (χ0n) is 10.0. The number of benzene rings is 1. The van der Waals surface area contributed by atoms with E-state index in [4.69, 9.17) is 20.2 Å². The highest BCUT2D eigenvalue weighted by atomic mass is 79.9. The Morgan fingerprint density at radius 3 is 2.67 bits per heavy atom. The number of hydrogen-bond donors (Lipinski definition) is 0. The van der Waals surface area contributed by atoms with Crippen LogP contribution in [-0.4, -0.2) is 28.2 Å². The molecule has 0 amide bonds. The van der Waals surface area contributed by atoms with Crippen molar-refractivity contribution in [3.8, 4) is 5.75 Å². The van der Waals surface area contributed by atoms with Crippen molar-refractivity contribution in [2.45, 2.75) is 24.3 Å². The van der Waals surface area contributed by atoms with Crippen LogP contribution in [0.4, 0.5) is 0 Å². The molecule has 0 heterocycles. The molecule has 0 aliphatic heterocycles. The fourth-order valence-electron chi connectivity index (χ4n) is 1.33. The van der Waals surface area contributed by atoms with Crippen LogP contribution in [-0.2, 0) is 13.8 Å². The lowest BCUT2D eigenvalue weighted by molar-refractivity contribution is 0.133. The highest BCUT2D eigenvalue weighted by Gasteiger charge is 2.19. The second-order valence-electron chi connectivity index (χ2n) is 3.74. The van der Waals surface area contributed by atoms with Crippen molar-refractivity contribution >= 4 is 35.7 Å². The van der Waals surface area contributed by atoms with Gasteiger partial charge in [0.1, 0.15) is 10.6 Å². The quantitative estimate of drug-likeness (QED) is 0.734. The van der Waals surface area contributed by atoms with E-state index >= 15 is 0 Å². The molecule has 0 saturated heterocycles. The van der Waals surface area contributed by atoms with Crippen LogP contribution in [0, 0.1) is 0 Å². The van der Waals surface area contributed by atoms with Crippen molar-refractivity contribution in [1.82, 2.24) is 0 Å². The van der Waals surface area contributed by atoms with Crippen molar-refractivity contribution in [2.75, 3.05) is 13.7 Å². The van der Waals surface area contributed by atoms with E-state index in [1.54, 1.807) is 19.2 Å². The van der Waals surface area contributed by atoms with Gasteiger partial charge in [0.2, 0.25) is 0 Å². The number of rotatable bonds is 6. The summed E-state index contributed by atoms with van der Waals surface area (Å²) in [5.74, 6) is 0.247. The van der Waals surface area contributed by atoms with Crippen LogP contribution in [0.1, 0.15) is 13.3 Å². The zero-order chi connectivity index (χ0) is 13.8. The molecular weight excluding hydrogens is 344 g/mol. The van der Waals surface area contributed by atoms with Gasteiger partial charge in [-0.15, -0.1) is 0 Å². The molecule has 1 unspecified atom stereocenters. The van der Waals surface area contributed by atoms with E-state index in [0.29, 0.717) is 17.5 Å². The number of halogens is 2. The van der Waals surface area contributed by atoms with E-state index in [1.165, 1.54) is 6.07 Å². The Bertz CT molecular complexity index is 504. The molecule has 0 aromatic heterocycles. The molecule has 102 valence electrons. The molecular formula is C11H14BrClO4S. The molecule has 0 bridgehead atoms. The summed E-state index contributed by atoms with van der Waals surface area (Å²) in [4.78, 5) is -0.0391. The Balaban J connectivity index is 2.95. The standard InChI is InChI=1S/C11H14BrClO4S/c1-8(5-6-16-2)17-10-4-3-9(12)7-11(10)18(13,14)15/h3-4,7-8H,5-6H2,1-2H3. The average Bonchev–Trinajstić information content (AvgIpc) is 2.27. The van der Waals surface area contributed by atoms with E-state index < -0.39 is 9.05 Å². The first-order valence-corrected chi connectivity index (χ1v) is 8.34. The third-order valence-corrected chi connectivity index (χ3v) is 4.06. The third-order valence-electron chi connectivity index (χ3n) is 2.23. The molecule has 18 heavy (non-hydrogen) atoms. The first-order valence-electron chi connectivity index (χ1n) is 5.24. The van der Waals surface area contributed by atoms with Crippen molar-refractivity contribution in [2.24, 2.45) is 0 Å². The monoisotopic (exact) mass is 356 g/mol. The minimum atomic E-state index is -3.84. The number of hydrogen-bond acceptors (Lipinski definition) is 4. The molecule has 0 N–H and O–H groups in total.